The van der Waals surface area contributed by atoms with Crippen LogP contribution in [0.25, 0.3) is 10.8 Å². The third kappa shape index (κ3) is 8.64. The van der Waals surface area contributed by atoms with Crippen LogP contribution in [0.1, 0.15) is 48.0 Å². The maximum absolute atomic E-state index is 13.3. The predicted molar refractivity (Wildman–Crippen MR) is 181 cm³/mol. The number of hydrogen-bond acceptors (Lipinski definition) is 6. The number of nitrogens with one attached hydrogen (secondary N) is 1. The van der Waals surface area contributed by atoms with Gasteiger partial charge in [-0.1, -0.05) is 68.8 Å². The van der Waals surface area contributed by atoms with Crippen LogP contribution >= 0.6 is 11.6 Å². The van der Waals surface area contributed by atoms with Crippen molar-refractivity contribution in [1.82, 2.24) is 10.3 Å². The van der Waals surface area contributed by atoms with Gasteiger partial charge in [-0.3, -0.25) is 9.78 Å². The molecule has 1 atom stereocenters. The molecule has 0 spiro atoms. The molecular formula is C38H37ClN2O5. The van der Waals surface area contributed by atoms with Crippen molar-refractivity contribution in [3.8, 4) is 17.2 Å². The normalized spacial score (nSPS) is 11.9. The van der Waals surface area contributed by atoms with E-state index in [0.717, 1.165) is 34.1 Å². The highest BCUT2D eigenvalue weighted by atomic mass is 35.5. The zero-order valence-electron chi connectivity index (χ0n) is 26.4. The zero-order valence-corrected chi connectivity index (χ0v) is 27.1. The summed E-state index contributed by atoms with van der Waals surface area (Å²) in [5, 5.41) is 5.13. The SMILES string of the molecule is COC(=O)[C@H](Cc1ccc(OCCc2ccc(Cl)cc2)cc1)NC(=O)c1cc2cc(Oc3ccc(C(C)(C)C)cc3)ccc2cn1. The van der Waals surface area contributed by atoms with Gasteiger partial charge in [-0.15, -0.1) is 0 Å². The van der Waals surface area contributed by atoms with Gasteiger partial charge in [0.25, 0.3) is 5.91 Å². The van der Waals surface area contributed by atoms with E-state index in [1.54, 1.807) is 12.3 Å². The van der Waals surface area contributed by atoms with Gasteiger partial charge >= 0.3 is 5.97 Å². The third-order valence-electron chi connectivity index (χ3n) is 7.61. The van der Waals surface area contributed by atoms with Gasteiger partial charge in [0.15, 0.2) is 0 Å². The number of aromatic nitrogens is 1. The lowest BCUT2D eigenvalue weighted by atomic mass is 9.87. The van der Waals surface area contributed by atoms with Crippen LogP contribution in [0.4, 0.5) is 0 Å². The minimum atomic E-state index is -0.905. The van der Waals surface area contributed by atoms with Crippen LogP contribution < -0.4 is 14.8 Å². The number of pyridine rings is 1. The quantitative estimate of drug-likeness (QED) is 0.147. The van der Waals surface area contributed by atoms with Crippen molar-refractivity contribution in [2.45, 2.75) is 45.1 Å². The molecule has 0 aliphatic heterocycles. The van der Waals surface area contributed by atoms with E-state index in [9.17, 15) is 9.59 Å². The molecule has 1 N–H and O–H groups in total. The number of amides is 1. The number of halogens is 1. The third-order valence-corrected chi connectivity index (χ3v) is 7.86. The van der Waals surface area contributed by atoms with Crippen LogP contribution in [-0.4, -0.2) is 36.6 Å². The lowest BCUT2D eigenvalue weighted by Crippen LogP contribution is -2.43. The summed E-state index contributed by atoms with van der Waals surface area (Å²) in [4.78, 5) is 30.2. The minimum absolute atomic E-state index is 0.0528. The molecule has 0 saturated heterocycles. The fourth-order valence-corrected chi connectivity index (χ4v) is 5.05. The number of benzene rings is 4. The van der Waals surface area contributed by atoms with E-state index in [4.69, 9.17) is 25.8 Å². The van der Waals surface area contributed by atoms with Crippen molar-refractivity contribution in [2.75, 3.05) is 13.7 Å². The molecule has 46 heavy (non-hydrogen) atoms. The van der Waals surface area contributed by atoms with E-state index in [2.05, 4.69) is 43.2 Å². The Morgan fingerprint density at radius 3 is 2.13 bits per heavy atom. The van der Waals surface area contributed by atoms with Crippen molar-refractivity contribution < 1.29 is 23.8 Å². The van der Waals surface area contributed by atoms with Crippen molar-refractivity contribution in [2.24, 2.45) is 0 Å². The second-order valence-corrected chi connectivity index (χ2v) is 12.5. The highest BCUT2D eigenvalue weighted by Crippen LogP contribution is 2.29. The van der Waals surface area contributed by atoms with E-state index in [-0.39, 0.29) is 17.5 Å². The van der Waals surface area contributed by atoms with Crippen LogP contribution in [0.5, 0.6) is 17.2 Å². The number of carbonyl (C=O) groups excluding carboxylic acids is 2. The van der Waals surface area contributed by atoms with Crippen LogP contribution in [0, 0.1) is 0 Å². The van der Waals surface area contributed by atoms with Crippen LogP contribution in [0.15, 0.2) is 103 Å². The molecule has 236 valence electrons. The van der Waals surface area contributed by atoms with Crippen LogP contribution in [0.3, 0.4) is 0 Å². The Morgan fingerprint density at radius 1 is 0.804 bits per heavy atom. The number of nitrogens with zero attached hydrogens (tertiary/aromatic N) is 1. The maximum atomic E-state index is 13.3. The number of esters is 1. The molecule has 0 radical (unpaired) electrons. The summed E-state index contributed by atoms with van der Waals surface area (Å²) in [7, 11) is 1.30. The number of hydrogen-bond donors (Lipinski definition) is 1. The summed E-state index contributed by atoms with van der Waals surface area (Å²) < 4.78 is 17.0. The average molecular weight is 637 g/mol. The largest absolute Gasteiger partial charge is 0.493 e. The Labute approximate surface area is 274 Å². The molecular weight excluding hydrogens is 600 g/mol. The molecule has 5 rings (SSSR count). The fraction of sp³-hybridized carbons (Fsp3) is 0.237. The molecule has 0 aliphatic rings. The lowest BCUT2D eigenvalue weighted by Gasteiger charge is -2.19. The summed E-state index contributed by atoms with van der Waals surface area (Å²) in [6.45, 7) is 7.01. The number of carbonyl (C=O) groups is 2. The van der Waals surface area contributed by atoms with E-state index in [1.807, 2.05) is 78.9 Å². The molecule has 1 aromatic heterocycles. The summed E-state index contributed by atoms with van der Waals surface area (Å²) in [5.41, 5.74) is 3.42. The molecule has 5 aromatic rings. The average Bonchev–Trinajstić information content (AvgIpc) is 3.05. The summed E-state index contributed by atoms with van der Waals surface area (Å²) in [6.07, 6.45) is 2.62. The first kappa shape index (κ1) is 32.5. The molecule has 0 saturated carbocycles. The summed E-state index contributed by atoms with van der Waals surface area (Å²) in [6, 6.07) is 29.5. The Kier molecular flexibility index (Phi) is 10.2. The first-order valence-corrected chi connectivity index (χ1v) is 15.5. The van der Waals surface area contributed by atoms with Gasteiger partial charge in [0.2, 0.25) is 0 Å². The van der Waals surface area contributed by atoms with E-state index >= 15 is 0 Å². The molecule has 0 unspecified atom stereocenters. The summed E-state index contributed by atoms with van der Waals surface area (Å²) in [5.74, 6) is 1.03. The van der Waals surface area contributed by atoms with Gasteiger partial charge < -0.3 is 19.5 Å². The lowest BCUT2D eigenvalue weighted by molar-refractivity contribution is -0.142. The molecule has 8 heteroatoms. The Balaban J connectivity index is 1.22. The van der Waals surface area contributed by atoms with Crippen LogP contribution in [0.2, 0.25) is 5.02 Å². The topological polar surface area (TPSA) is 86.8 Å². The predicted octanol–water partition coefficient (Wildman–Crippen LogP) is 8.11. The monoisotopic (exact) mass is 636 g/mol. The molecule has 4 aromatic carbocycles. The van der Waals surface area contributed by atoms with E-state index < -0.39 is 17.9 Å². The number of rotatable bonds is 11. The Hall–Kier alpha value is -4.88. The second-order valence-electron chi connectivity index (χ2n) is 12.1. The maximum Gasteiger partial charge on any atom is 0.328 e. The number of ether oxygens (including phenoxy) is 3. The number of methoxy groups -OCH3 is 1. The van der Waals surface area contributed by atoms with Crippen molar-refractivity contribution in [3.63, 3.8) is 0 Å². The molecule has 7 nitrogen and oxygen atoms in total. The first-order valence-electron chi connectivity index (χ1n) is 15.1. The number of fused-ring (bicyclic) bond motifs is 1. The van der Waals surface area contributed by atoms with Gasteiger partial charge in [-0.05, 0) is 88.2 Å². The highest BCUT2D eigenvalue weighted by Gasteiger charge is 2.23. The second kappa shape index (κ2) is 14.5. The molecule has 0 aliphatic carbocycles. The van der Waals surface area contributed by atoms with E-state index in [0.29, 0.717) is 23.1 Å². The van der Waals surface area contributed by atoms with Gasteiger partial charge in [0, 0.05) is 29.4 Å². The smallest absolute Gasteiger partial charge is 0.328 e. The van der Waals surface area contributed by atoms with Gasteiger partial charge in [-0.25, -0.2) is 4.79 Å². The van der Waals surface area contributed by atoms with E-state index in [1.165, 1.54) is 12.7 Å². The standard InChI is InChI=1S/C38H37ClN2O5/c1-38(2,3)29-10-17-32(18-11-29)46-33-16-9-27-24-40-34(23-28(27)22-33)36(42)41-35(37(43)44-4)21-26-7-14-31(15-8-26)45-20-19-25-5-12-30(39)13-6-25/h5-18,22-24,35H,19-21H2,1-4H3,(H,41,42)/t35-/m0/s1. The fourth-order valence-electron chi connectivity index (χ4n) is 4.93. The Bertz CT molecular complexity index is 1800. The molecule has 0 fully saturated rings. The van der Waals surface area contributed by atoms with Crippen molar-refractivity contribution in [1.29, 1.82) is 0 Å². The Morgan fingerprint density at radius 2 is 1.46 bits per heavy atom. The molecule has 1 heterocycles. The van der Waals surface area contributed by atoms with Crippen LogP contribution in [-0.2, 0) is 27.8 Å². The first-order chi connectivity index (χ1) is 22.1. The van der Waals surface area contributed by atoms with Gasteiger partial charge in [0.1, 0.15) is 29.0 Å². The highest BCUT2D eigenvalue weighted by molar-refractivity contribution is 6.30. The zero-order chi connectivity index (χ0) is 32.7. The minimum Gasteiger partial charge on any atom is -0.493 e. The molecule has 1 amide bonds. The van der Waals surface area contributed by atoms with Gasteiger partial charge in [0.05, 0.1) is 13.7 Å². The van der Waals surface area contributed by atoms with Gasteiger partial charge in [-0.2, -0.15) is 0 Å². The van der Waals surface area contributed by atoms with Crippen molar-refractivity contribution >= 4 is 34.2 Å². The van der Waals surface area contributed by atoms with Crippen molar-refractivity contribution in [3.05, 3.63) is 131 Å². The molecule has 0 bridgehead atoms. The summed E-state index contributed by atoms with van der Waals surface area (Å²) >= 11 is 5.95.